The van der Waals surface area contributed by atoms with Crippen LogP contribution in [0.15, 0.2) is 42.7 Å². The number of pyridine rings is 1. The van der Waals surface area contributed by atoms with E-state index in [1.165, 1.54) is 0 Å². The summed E-state index contributed by atoms with van der Waals surface area (Å²) in [5.74, 6) is -0.683. The molecule has 1 aliphatic rings. The zero-order chi connectivity index (χ0) is 19.0. The van der Waals surface area contributed by atoms with Gasteiger partial charge in [-0.1, -0.05) is 0 Å². The smallest absolute Gasteiger partial charge is 0.312 e. The molecule has 0 atom stereocenters. The molecular formula is C19H16F4N4. The first-order valence-corrected chi connectivity index (χ1v) is 8.49. The third kappa shape index (κ3) is 3.57. The number of hydrogen-bond donors (Lipinski definition) is 1. The van der Waals surface area contributed by atoms with Crippen molar-refractivity contribution in [3.05, 3.63) is 76.6 Å². The first kappa shape index (κ1) is 17.7. The molecule has 3 heterocycles. The molecule has 140 valence electrons. The van der Waals surface area contributed by atoms with Gasteiger partial charge in [0.2, 0.25) is 0 Å². The van der Waals surface area contributed by atoms with Crippen molar-refractivity contribution in [3.8, 4) is 5.69 Å². The lowest BCUT2D eigenvalue weighted by Gasteiger charge is -2.15. The SMILES string of the molecule is Fc1ccc(C(F)(F)F)cc1Cc1cc(-n2ncc3c2CCNC3)ccn1. The van der Waals surface area contributed by atoms with Crippen LogP contribution in [0.4, 0.5) is 17.6 Å². The monoisotopic (exact) mass is 376 g/mol. The minimum Gasteiger partial charge on any atom is -0.312 e. The van der Waals surface area contributed by atoms with Gasteiger partial charge in [-0.05, 0) is 35.9 Å². The van der Waals surface area contributed by atoms with Crippen LogP contribution in [0.5, 0.6) is 0 Å². The van der Waals surface area contributed by atoms with Crippen molar-refractivity contribution in [1.82, 2.24) is 20.1 Å². The fourth-order valence-corrected chi connectivity index (χ4v) is 3.25. The average Bonchev–Trinajstić information content (AvgIpc) is 3.07. The second-order valence-corrected chi connectivity index (χ2v) is 6.44. The third-order valence-corrected chi connectivity index (χ3v) is 4.60. The number of halogens is 4. The van der Waals surface area contributed by atoms with Crippen molar-refractivity contribution in [2.24, 2.45) is 0 Å². The Balaban J connectivity index is 1.65. The molecule has 8 heteroatoms. The molecule has 0 aliphatic carbocycles. The summed E-state index contributed by atoms with van der Waals surface area (Å²) in [4.78, 5) is 4.19. The van der Waals surface area contributed by atoms with Crippen LogP contribution in [-0.4, -0.2) is 21.3 Å². The summed E-state index contributed by atoms with van der Waals surface area (Å²) in [6.45, 7) is 1.61. The molecule has 0 unspecified atom stereocenters. The lowest BCUT2D eigenvalue weighted by atomic mass is 10.0. The Morgan fingerprint density at radius 1 is 1.15 bits per heavy atom. The van der Waals surface area contributed by atoms with Crippen LogP contribution in [0.3, 0.4) is 0 Å². The fraction of sp³-hybridized carbons (Fsp3) is 0.263. The number of hydrogen-bond acceptors (Lipinski definition) is 3. The van der Waals surface area contributed by atoms with E-state index in [0.29, 0.717) is 5.69 Å². The lowest BCUT2D eigenvalue weighted by Crippen LogP contribution is -2.24. The number of alkyl halides is 3. The predicted octanol–water partition coefficient (Wildman–Crippen LogP) is 3.66. The van der Waals surface area contributed by atoms with Crippen LogP contribution in [0.25, 0.3) is 5.69 Å². The highest BCUT2D eigenvalue weighted by atomic mass is 19.4. The molecular weight excluding hydrogens is 360 g/mol. The van der Waals surface area contributed by atoms with Gasteiger partial charge in [-0.3, -0.25) is 4.98 Å². The largest absolute Gasteiger partial charge is 0.416 e. The number of nitrogens with one attached hydrogen (secondary N) is 1. The first-order valence-electron chi connectivity index (χ1n) is 8.49. The lowest BCUT2D eigenvalue weighted by molar-refractivity contribution is -0.137. The Kier molecular flexibility index (Phi) is 4.43. The standard InChI is InChI=1S/C19H16F4N4/c20-17-2-1-14(19(21,22)23)7-12(17)8-15-9-16(3-6-25-15)27-18-4-5-24-10-13(18)11-26-27/h1-3,6-7,9,11,24H,4-5,8,10H2. The topological polar surface area (TPSA) is 42.7 Å². The number of nitrogens with zero attached hydrogens (tertiary/aromatic N) is 3. The van der Waals surface area contributed by atoms with Crippen LogP contribution >= 0.6 is 0 Å². The highest BCUT2D eigenvalue weighted by molar-refractivity contribution is 5.38. The molecule has 27 heavy (non-hydrogen) atoms. The predicted molar refractivity (Wildman–Crippen MR) is 91.0 cm³/mol. The number of benzene rings is 1. The zero-order valence-electron chi connectivity index (χ0n) is 14.2. The van der Waals surface area contributed by atoms with Crippen molar-refractivity contribution >= 4 is 0 Å². The van der Waals surface area contributed by atoms with Crippen molar-refractivity contribution in [3.63, 3.8) is 0 Å². The minimum absolute atomic E-state index is 0.0331. The van der Waals surface area contributed by atoms with Gasteiger partial charge in [0.05, 0.1) is 17.4 Å². The van der Waals surface area contributed by atoms with Crippen LogP contribution in [-0.2, 0) is 25.6 Å². The Hall–Kier alpha value is -2.74. The van der Waals surface area contributed by atoms with Gasteiger partial charge in [-0.15, -0.1) is 0 Å². The van der Waals surface area contributed by atoms with Gasteiger partial charge in [-0.2, -0.15) is 18.3 Å². The van der Waals surface area contributed by atoms with Crippen molar-refractivity contribution in [2.75, 3.05) is 6.54 Å². The van der Waals surface area contributed by atoms with Crippen LogP contribution in [0, 0.1) is 5.82 Å². The van der Waals surface area contributed by atoms with E-state index in [-0.39, 0.29) is 12.0 Å². The molecule has 1 N–H and O–H groups in total. The molecule has 0 radical (unpaired) electrons. The number of rotatable bonds is 3. The van der Waals surface area contributed by atoms with Gasteiger partial charge in [-0.25, -0.2) is 9.07 Å². The summed E-state index contributed by atoms with van der Waals surface area (Å²) < 4.78 is 54.5. The summed E-state index contributed by atoms with van der Waals surface area (Å²) in [7, 11) is 0. The van der Waals surface area contributed by atoms with E-state index in [1.54, 1.807) is 24.5 Å². The second kappa shape index (κ2) is 6.77. The van der Waals surface area contributed by atoms with Crippen molar-refractivity contribution in [2.45, 2.75) is 25.6 Å². The van der Waals surface area contributed by atoms with E-state index in [2.05, 4.69) is 15.4 Å². The molecule has 0 fully saturated rings. The first-order chi connectivity index (χ1) is 12.9. The van der Waals surface area contributed by atoms with E-state index < -0.39 is 17.6 Å². The molecule has 0 saturated carbocycles. The molecule has 2 aromatic heterocycles. The maximum atomic E-state index is 14.0. The fourth-order valence-electron chi connectivity index (χ4n) is 3.25. The second-order valence-electron chi connectivity index (χ2n) is 6.44. The highest BCUT2D eigenvalue weighted by Crippen LogP contribution is 2.31. The summed E-state index contributed by atoms with van der Waals surface area (Å²) in [6, 6.07) is 5.94. The molecule has 3 aromatic rings. The Morgan fingerprint density at radius 3 is 2.81 bits per heavy atom. The summed E-state index contributed by atoms with van der Waals surface area (Å²) in [6.07, 6.45) is -0.358. The van der Waals surface area contributed by atoms with Crippen molar-refractivity contribution < 1.29 is 17.6 Å². The van der Waals surface area contributed by atoms with E-state index in [0.717, 1.165) is 54.7 Å². The van der Waals surface area contributed by atoms with Gasteiger partial charge in [0.15, 0.2) is 0 Å². The van der Waals surface area contributed by atoms with Crippen molar-refractivity contribution in [1.29, 1.82) is 0 Å². The van der Waals surface area contributed by atoms with Gasteiger partial charge in [0.25, 0.3) is 0 Å². The maximum Gasteiger partial charge on any atom is 0.416 e. The van der Waals surface area contributed by atoms with Crippen LogP contribution in [0.1, 0.15) is 28.1 Å². The van der Waals surface area contributed by atoms with Gasteiger partial charge in [0.1, 0.15) is 5.82 Å². The molecule has 4 rings (SSSR count). The third-order valence-electron chi connectivity index (χ3n) is 4.60. The Labute approximate surface area is 152 Å². The summed E-state index contributed by atoms with van der Waals surface area (Å²) in [5, 5.41) is 7.68. The summed E-state index contributed by atoms with van der Waals surface area (Å²) >= 11 is 0. The maximum absolute atomic E-state index is 14.0. The number of fused-ring (bicyclic) bond motifs is 1. The normalized spacial score (nSPS) is 14.2. The van der Waals surface area contributed by atoms with E-state index in [4.69, 9.17) is 0 Å². The molecule has 4 nitrogen and oxygen atoms in total. The zero-order valence-corrected chi connectivity index (χ0v) is 14.2. The molecule has 1 aromatic carbocycles. The van der Waals surface area contributed by atoms with E-state index in [1.807, 2.05) is 4.68 Å². The minimum atomic E-state index is -4.51. The van der Waals surface area contributed by atoms with Gasteiger partial charge in [0, 0.05) is 49.1 Å². The molecule has 0 bridgehead atoms. The number of aromatic nitrogens is 3. The Morgan fingerprint density at radius 2 is 2.00 bits per heavy atom. The highest BCUT2D eigenvalue weighted by Gasteiger charge is 2.31. The average molecular weight is 376 g/mol. The van der Waals surface area contributed by atoms with E-state index in [9.17, 15) is 17.6 Å². The van der Waals surface area contributed by atoms with Crippen LogP contribution < -0.4 is 5.32 Å². The van der Waals surface area contributed by atoms with Crippen LogP contribution in [0.2, 0.25) is 0 Å². The quantitative estimate of drug-likeness (QED) is 0.710. The molecule has 0 spiro atoms. The van der Waals surface area contributed by atoms with Gasteiger partial charge >= 0.3 is 6.18 Å². The molecule has 1 aliphatic heterocycles. The molecule has 0 amide bonds. The Bertz CT molecular complexity index is 978. The van der Waals surface area contributed by atoms with Gasteiger partial charge < -0.3 is 5.32 Å². The summed E-state index contributed by atoms with van der Waals surface area (Å²) in [5.41, 5.74) is 2.53. The molecule has 0 saturated heterocycles. The van der Waals surface area contributed by atoms with E-state index >= 15 is 0 Å².